The molecule has 0 spiro atoms. The number of hydrazone groups is 1. The van der Waals surface area contributed by atoms with E-state index in [1.807, 2.05) is 18.3 Å². The van der Waals surface area contributed by atoms with Crippen LogP contribution in [-0.4, -0.2) is 27.3 Å². The Hall–Kier alpha value is -2.34. The SMILES string of the molecule is COc1c(C(C)(C)C)ccc(CCC=NNc2ccncc2)c1O[SiH](C)C. The van der Waals surface area contributed by atoms with Gasteiger partial charge >= 0.3 is 0 Å². The first-order valence-electron chi connectivity index (χ1n) is 9.37. The average molecular weight is 386 g/mol. The first-order valence-corrected chi connectivity index (χ1v) is 12.2. The summed E-state index contributed by atoms with van der Waals surface area (Å²) < 4.78 is 12.1. The van der Waals surface area contributed by atoms with Gasteiger partial charge in [-0.2, -0.15) is 5.10 Å². The number of aromatic nitrogens is 1. The molecule has 5 nitrogen and oxygen atoms in total. The fourth-order valence-corrected chi connectivity index (χ4v) is 3.52. The molecule has 0 fully saturated rings. The van der Waals surface area contributed by atoms with E-state index in [2.05, 4.69) is 61.5 Å². The predicted molar refractivity (Wildman–Crippen MR) is 116 cm³/mol. The molecule has 0 amide bonds. The van der Waals surface area contributed by atoms with Gasteiger partial charge in [0.2, 0.25) is 9.04 Å². The Morgan fingerprint density at radius 3 is 2.41 bits per heavy atom. The van der Waals surface area contributed by atoms with Crippen molar-refractivity contribution in [2.45, 2.75) is 52.1 Å². The summed E-state index contributed by atoms with van der Waals surface area (Å²) in [6, 6.07) is 8.09. The number of pyridine rings is 1. The summed E-state index contributed by atoms with van der Waals surface area (Å²) in [5.41, 5.74) is 6.27. The van der Waals surface area contributed by atoms with Gasteiger partial charge in [0, 0.05) is 24.2 Å². The smallest absolute Gasteiger partial charge is 0.229 e. The van der Waals surface area contributed by atoms with Crippen molar-refractivity contribution in [3.05, 3.63) is 47.8 Å². The number of nitrogens with zero attached hydrogens (tertiary/aromatic N) is 2. The van der Waals surface area contributed by atoms with Gasteiger partial charge in [0.1, 0.15) is 5.75 Å². The van der Waals surface area contributed by atoms with Crippen molar-refractivity contribution in [2.75, 3.05) is 12.5 Å². The quantitative estimate of drug-likeness (QED) is 0.404. The third-order valence-corrected chi connectivity index (χ3v) is 4.77. The van der Waals surface area contributed by atoms with Gasteiger partial charge in [-0.3, -0.25) is 10.4 Å². The van der Waals surface area contributed by atoms with Crippen molar-refractivity contribution in [1.29, 1.82) is 0 Å². The number of ether oxygens (including phenoxy) is 1. The maximum atomic E-state index is 6.28. The van der Waals surface area contributed by atoms with Crippen LogP contribution in [0.5, 0.6) is 11.5 Å². The molecule has 2 aromatic rings. The number of hydrogen-bond acceptors (Lipinski definition) is 5. The van der Waals surface area contributed by atoms with Crippen LogP contribution in [0.25, 0.3) is 0 Å². The zero-order valence-electron chi connectivity index (χ0n) is 17.2. The standard InChI is InChI=1S/C21H31N3O2Si/c1-21(2,3)18-10-9-16(19(20(18)25-4)26-27(5)6)8-7-13-23-24-17-11-14-22-15-12-17/h9-15,27H,7-8H2,1-6H3,(H,22,24). The number of anilines is 1. The van der Waals surface area contributed by atoms with Crippen LogP contribution in [0, 0.1) is 0 Å². The molecule has 0 unspecified atom stereocenters. The van der Waals surface area contributed by atoms with Gasteiger partial charge < -0.3 is 9.16 Å². The van der Waals surface area contributed by atoms with E-state index in [0.717, 1.165) is 35.6 Å². The maximum Gasteiger partial charge on any atom is 0.229 e. The van der Waals surface area contributed by atoms with Crippen molar-refractivity contribution in [1.82, 2.24) is 4.98 Å². The van der Waals surface area contributed by atoms with Gasteiger partial charge in [-0.05, 0) is 49.0 Å². The monoisotopic (exact) mass is 385 g/mol. The molecular weight excluding hydrogens is 354 g/mol. The summed E-state index contributed by atoms with van der Waals surface area (Å²) in [6.45, 7) is 10.9. The van der Waals surface area contributed by atoms with E-state index in [4.69, 9.17) is 9.16 Å². The van der Waals surface area contributed by atoms with Crippen molar-refractivity contribution in [2.24, 2.45) is 5.10 Å². The molecule has 0 bridgehead atoms. The zero-order chi connectivity index (χ0) is 19.9. The van der Waals surface area contributed by atoms with Gasteiger partial charge in [0.25, 0.3) is 0 Å². The van der Waals surface area contributed by atoms with Gasteiger partial charge in [0.05, 0.1) is 12.8 Å². The van der Waals surface area contributed by atoms with Gasteiger partial charge in [-0.15, -0.1) is 0 Å². The third-order valence-electron chi connectivity index (χ3n) is 4.07. The molecule has 1 aromatic carbocycles. The van der Waals surface area contributed by atoms with Crippen LogP contribution in [-0.2, 0) is 11.8 Å². The molecule has 0 aliphatic heterocycles. The summed E-state index contributed by atoms with van der Waals surface area (Å²) in [7, 11) is 0.463. The van der Waals surface area contributed by atoms with Crippen LogP contribution in [0.15, 0.2) is 41.8 Å². The lowest BCUT2D eigenvalue weighted by molar-refractivity contribution is 0.377. The van der Waals surface area contributed by atoms with Crippen LogP contribution in [0.1, 0.15) is 38.3 Å². The minimum Gasteiger partial charge on any atom is -0.544 e. The molecule has 0 aliphatic carbocycles. The summed E-state index contributed by atoms with van der Waals surface area (Å²) in [5.74, 6) is 1.77. The second kappa shape index (κ2) is 9.55. The van der Waals surface area contributed by atoms with Crippen molar-refractivity contribution >= 4 is 20.9 Å². The lowest BCUT2D eigenvalue weighted by Gasteiger charge is -2.26. The highest BCUT2D eigenvalue weighted by Crippen LogP contribution is 2.41. The van der Waals surface area contributed by atoms with Crippen LogP contribution < -0.4 is 14.6 Å². The maximum absolute atomic E-state index is 6.28. The molecule has 1 aromatic heterocycles. The first kappa shape index (κ1) is 21.0. The van der Waals surface area contributed by atoms with E-state index >= 15 is 0 Å². The van der Waals surface area contributed by atoms with E-state index in [9.17, 15) is 0 Å². The topological polar surface area (TPSA) is 55.7 Å². The number of methoxy groups -OCH3 is 1. The van der Waals surface area contributed by atoms with Crippen LogP contribution >= 0.6 is 0 Å². The largest absolute Gasteiger partial charge is 0.544 e. The Labute approximate surface area is 164 Å². The van der Waals surface area contributed by atoms with E-state index in [0.29, 0.717) is 0 Å². The summed E-state index contributed by atoms with van der Waals surface area (Å²) in [4.78, 5) is 3.99. The highest BCUT2D eigenvalue weighted by Gasteiger charge is 2.24. The van der Waals surface area contributed by atoms with Crippen molar-refractivity contribution < 1.29 is 9.16 Å². The minimum atomic E-state index is -1.26. The van der Waals surface area contributed by atoms with Crippen LogP contribution in [0.3, 0.4) is 0 Å². The minimum absolute atomic E-state index is 0.00353. The molecule has 0 radical (unpaired) electrons. The number of hydrogen-bond donors (Lipinski definition) is 1. The highest BCUT2D eigenvalue weighted by atomic mass is 28.3. The van der Waals surface area contributed by atoms with Crippen molar-refractivity contribution in [3.63, 3.8) is 0 Å². The molecule has 2 rings (SSSR count). The Morgan fingerprint density at radius 1 is 1.11 bits per heavy atom. The fraction of sp³-hybridized carbons (Fsp3) is 0.429. The Morgan fingerprint density at radius 2 is 1.81 bits per heavy atom. The van der Waals surface area contributed by atoms with Crippen LogP contribution in [0.4, 0.5) is 5.69 Å². The van der Waals surface area contributed by atoms with E-state index in [-0.39, 0.29) is 5.41 Å². The summed E-state index contributed by atoms with van der Waals surface area (Å²) >= 11 is 0. The molecule has 6 heteroatoms. The average Bonchev–Trinajstić information content (AvgIpc) is 2.61. The Balaban J connectivity index is 2.15. The lowest BCUT2D eigenvalue weighted by Crippen LogP contribution is -2.18. The van der Waals surface area contributed by atoms with E-state index in [1.165, 1.54) is 5.56 Å². The van der Waals surface area contributed by atoms with E-state index in [1.54, 1.807) is 19.5 Å². The normalized spacial score (nSPS) is 11.8. The predicted octanol–water partition coefficient (Wildman–Crippen LogP) is 4.78. The lowest BCUT2D eigenvalue weighted by atomic mass is 9.85. The summed E-state index contributed by atoms with van der Waals surface area (Å²) in [6.07, 6.45) is 7.02. The molecule has 0 saturated carbocycles. The molecular formula is C21H31N3O2Si. The Bertz CT molecular complexity index is 756. The second-order valence-corrected chi connectivity index (χ2v) is 10.1. The Kier molecular flexibility index (Phi) is 7.42. The van der Waals surface area contributed by atoms with E-state index < -0.39 is 9.04 Å². The number of rotatable bonds is 8. The molecule has 0 atom stereocenters. The first-order chi connectivity index (χ1) is 12.8. The number of nitrogens with one attached hydrogen (secondary N) is 1. The van der Waals surface area contributed by atoms with Gasteiger partial charge in [-0.1, -0.05) is 32.9 Å². The second-order valence-electron chi connectivity index (χ2n) is 7.75. The molecule has 27 heavy (non-hydrogen) atoms. The van der Waals surface area contributed by atoms with Crippen LogP contribution in [0.2, 0.25) is 13.1 Å². The molecule has 0 saturated heterocycles. The third kappa shape index (κ3) is 6.10. The summed E-state index contributed by atoms with van der Waals surface area (Å²) in [5, 5.41) is 4.28. The number of benzene rings is 1. The molecule has 1 heterocycles. The highest BCUT2D eigenvalue weighted by molar-refractivity contribution is 6.49. The fourth-order valence-electron chi connectivity index (χ4n) is 2.79. The number of aryl methyl sites for hydroxylation is 1. The molecule has 0 aliphatic rings. The van der Waals surface area contributed by atoms with Gasteiger partial charge in [0.15, 0.2) is 5.75 Å². The van der Waals surface area contributed by atoms with Crippen molar-refractivity contribution in [3.8, 4) is 11.5 Å². The molecule has 1 N–H and O–H groups in total. The van der Waals surface area contributed by atoms with Gasteiger partial charge in [-0.25, -0.2) is 0 Å². The molecule has 146 valence electrons. The zero-order valence-corrected chi connectivity index (χ0v) is 18.4.